The summed E-state index contributed by atoms with van der Waals surface area (Å²) >= 11 is 0. The van der Waals surface area contributed by atoms with E-state index in [0.29, 0.717) is 44.6 Å². The Hall–Kier alpha value is -3.15. The smallest absolute Gasteiger partial charge is 0.327 e. The van der Waals surface area contributed by atoms with Crippen LogP contribution in [0.2, 0.25) is 0 Å². The number of halogens is 3. The molecule has 238 valence electrons. The van der Waals surface area contributed by atoms with Crippen LogP contribution in [0.4, 0.5) is 18.9 Å². The van der Waals surface area contributed by atoms with Crippen LogP contribution in [0, 0.1) is 17.7 Å². The van der Waals surface area contributed by atoms with E-state index in [4.69, 9.17) is 0 Å². The largest absolute Gasteiger partial charge is 0.353 e. The lowest BCUT2D eigenvalue weighted by Gasteiger charge is -2.36. The van der Waals surface area contributed by atoms with Gasteiger partial charge in [0.1, 0.15) is 11.9 Å². The molecule has 1 aromatic rings. The van der Waals surface area contributed by atoms with Gasteiger partial charge in [-0.2, -0.15) is 8.78 Å². The predicted octanol–water partition coefficient (Wildman–Crippen LogP) is 3.65. The minimum atomic E-state index is -3.56. The number of nitrogens with one attached hydrogen (secondary N) is 3. The van der Waals surface area contributed by atoms with Gasteiger partial charge in [-0.25, -0.2) is 4.39 Å². The van der Waals surface area contributed by atoms with Gasteiger partial charge in [0.15, 0.2) is 0 Å². The van der Waals surface area contributed by atoms with Gasteiger partial charge in [-0.15, -0.1) is 0 Å². The Labute approximate surface area is 251 Å². The first-order valence-corrected chi connectivity index (χ1v) is 15.5. The second-order valence-corrected chi connectivity index (χ2v) is 12.3. The first-order valence-electron chi connectivity index (χ1n) is 15.5. The van der Waals surface area contributed by atoms with Gasteiger partial charge in [-0.3, -0.25) is 19.2 Å². The lowest BCUT2D eigenvalue weighted by Crippen LogP contribution is -2.54. The van der Waals surface area contributed by atoms with Crippen LogP contribution in [0.1, 0.15) is 76.7 Å². The molecule has 0 spiro atoms. The molecule has 43 heavy (non-hydrogen) atoms. The summed E-state index contributed by atoms with van der Waals surface area (Å²) in [5, 5.41) is 7.62. The molecule has 4 rings (SSSR count). The zero-order valence-corrected chi connectivity index (χ0v) is 25.3. The molecule has 12 heteroatoms. The number of hydrogen-bond acceptors (Lipinski definition) is 5. The van der Waals surface area contributed by atoms with Crippen molar-refractivity contribution in [2.75, 3.05) is 38.5 Å². The maximum atomic E-state index is 15.6. The Bertz CT molecular complexity index is 1180. The van der Waals surface area contributed by atoms with Crippen molar-refractivity contribution < 1.29 is 32.3 Å². The maximum absolute atomic E-state index is 15.6. The molecule has 3 aliphatic rings. The zero-order valence-electron chi connectivity index (χ0n) is 25.3. The SMILES string of the molecule is CCC(=O)N[C@H](C)[C@@H](C(=O)N1CCN(C)CC1)c1ccc(NC(=O)[C@@H](NC(=O)C(F)(F)C2CC2)C2CCCCC2)c(F)c1. The Morgan fingerprint density at radius 3 is 2.21 bits per heavy atom. The number of carbonyl (C=O) groups excluding carboxylic acids is 4. The van der Waals surface area contributed by atoms with Crippen molar-refractivity contribution in [2.24, 2.45) is 11.8 Å². The van der Waals surface area contributed by atoms with Gasteiger partial charge in [0.25, 0.3) is 5.91 Å². The van der Waals surface area contributed by atoms with E-state index in [2.05, 4.69) is 20.9 Å². The van der Waals surface area contributed by atoms with Crippen LogP contribution in [0.25, 0.3) is 0 Å². The molecule has 4 amide bonds. The first kappa shape index (κ1) is 32.8. The molecule has 0 aromatic heterocycles. The van der Waals surface area contributed by atoms with E-state index in [1.165, 1.54) is 12.1 Å². The highest BCUT2D eigenvalue weighted by Crippen LogP contribution is 2.43. The van der Waals surface area contributed by atoms with Crippen molar-refractivity contribution in [1.29, 1.82) is 0 Å². The minimum absolute atomic E-state index is 0.186. The molecule has 3 atom stereocenters. The summed E-state index contributed by atoms with van der Waals surface area (Å²) in [4.78, 5) is 55.6. The Balaban J connectivity index is 1.54. The van der Waals surface area contributed by atoms with Crippen molar-refractivity contribution >= 4 is 29.3 Å². The molecule has 1 saturated heterocycles. The number of likely N-dealkylation sites (N-methyl/N-ethyl adjacent to an activating group) is 1. The highest BCUT2D eigenvalue weighted by atomic mass is 19.3. The molecule has 3 N–H and O–H groups in total. The summed E-state index contributed by atoms with van der Waals surface area (Å²) in [6.45, 7) is 5.80. The van der Waals surface area contributed by atoms with E-state index in [1.807, 2.05) is 7.05 Å². The van der Waals surface area contributed by atoms with Crippen LogP contribution in [0.15, 0.2) is 18.2 Å². The molecule has 0 unspecified atom stereocenters. The molecule has 2 aliphatic carbocycles. The normalized spacial score (nSPS) is 20.6. The Morgan fingerprint density at radius 2 is 1.63 bits per heavy atom. The number of hydrogen-bond donors (Lipinski definition) is 3. The summed E-state index contributed by atoms with van der Waals surface area (Å²) in [5.74, 6) is -9.29. The van der Waals surface area contributed by atoms with Crippen LogP contribution in [-0.2, 0) is 19.2 Å². The lowest BCUT2D eigenvalue weighted by molar-refractivity contribution is -0.151. The maximum Gasteiger partial charge on any atom is 0.327 e. The van der Waals surface area contributed by atoms with Crippen molar-refractivity contribution in [3.05, 3.63) is 29.6 Å². The fourth-order valence-corrected chi connectivity index (χ4v) is 6.08. The van der Waals surface area contributed by atoms with Crippen LogP contribution < -0.4 is 16.0 Å². The number of alkyl halides is 2. The molecule has 0 bridgehead atoms. The van der Waals surface area contributed by atoms with E-state index in [1.54, 1.807) is 18.7 Å². The van der Waals surface area contributed by atoms with Crippen LogP contribution in [0.3, 0.4) is 0 Å². The van der Waals surface area contributed by atoms with Gasteiger partial charge in [0.2, 0.25) is 17.7 Å². The van der Waals surface area contributed by atoms with E-state index in [0.717, 1.165) is 25.3 Å². The molecule has 0 radical (unpaired) electrons. The zero-order chi connectivity index (χ0) is 31.3. The van der Waals surface area contributed by atoms with E-state index in [9.17, 15) is 28.0 Å². The second kappa shape index (κ2) is 14.1. The quantitative estimate of drug-likeness (QED) is 0.356. The van der Waals surface area contributed by atoms with Gasteiger partial charge in [0, 0.05) is 44.6 Å². The van der Waals surface area contributed by atoms with Crippen LogP contribution in [0.5, 0.6) is 0 Å². The third-order valence-corrected chi connectivity index (χ3v) is 8.98. The third-order valence-electron chi connectivity index (χ3n) is 8.98. The van der Waals surface area contributed by atoms with Crippen molar-refractivity contribution in [2.45, 2.75) is 89.1 Å². The van der Waals surface area contributed by atoms with Gasteiger partial charge in [0.05, 0.1) is 11.6 Å². The Kier molecular flexibility index (Phi) is 10.7. The number of rotatable bonds is 11. The number of amides is 4. The van der Waals surface area contributed by atoms with Gasteiger partial charge in [-0.05, 0) is 63.3 Å². The van der Waals surface area contributed by atoms with E-state index >= 15 is 4.39 Å². The third kappa shape index (κ3) is 8.07. The topological polar surface area (TPSA) is 111 Å². The summed E-state index contributed by atoms with van der Waals surface area (Å²) in [6, 6.07) is 2.17. The van der Waals surface area contributed by atoms with Crippen molar-refractivity contribution in [3.8, 4) is 0 Å². The number of carbonyl (C=O) groups is 4. The van der Waals surface area contributed by atoms with Crippen molar-refractivity contribution in [3.63, 3.8) is 0 Å². The molecule has 1 heterocycles. The summed E-state index contributed by atoms with van der Waals surface area (Å²) in [7, 11) is 1.97. The average Bonchev–Trinajstić information content (AvgIpc) is 3.84. The Morgan fingerprint density at radius 1 is 0.977 bits per heavy atom. The average molecular weight is 608 g/mol. The standard InChI is InChI=1S/C31H44F3N5O4/c1-4-25(40)35-19(2)26(29(42)39-16-14-38(3)15-17-39)21-10-13-24(23(32)18-21)36-28(41)27(20-8-6-5-7-9-20)37-30(43)31(33,34)22-11-12-22/h10,13,18-20,22,26-27H,4-9,11-12,14-17H2,1-3H3,(H,35,40)(H,36,41)(H,37,43)/t19-,26-,27+/m1/s1. The minimum Gasteiger partial charge on any atom is -0.353 e. The van der Waals surface area contributed by atoms with Crippen LogP contribution >= 0.6 is 0 Å². The monoisotopic (exact) mass is 607 g/mol. The number of benzene rings is 1. The highest BCUT2D eigenvalue weighted by Gasteiger charge is 2.53. The molecule has 2 saturated carbocycles. The summed E-state index contributed by atoms with van der Waals surface area (Å²) in [5.41, 5.74) is 0.151. The predicted molar refractivity (Wildman–Crippen MR) is 156 cm³/mol. The fourth-order valence-electron chi connectivity index (χ4n) is 6.08. The highest BCUT2D eigenvalue weighted by molar-refractivity contribution is 5.98. The molecular weight excluding hydrogens is 563 g/mol. The second-order valence-electron chi connectivity index (χ2n) is 12.3. The summed E-state index contributed by atoms with van der Waals surface area (Å²) < 4.78 is 44.6. The van der Waals surface area contributed by atoms with Gasteiger partial charge in [-0.1, -0.05) is 32.3 Å². The van der Waals surface area contributed by atoms with E-state index < -0.39 is 47.5 Å². The number of anilines is 1. The number of nitrogens with zero attached hydrogens (tertiary/aromatic N) is 2. The molecule has 1 aromatic carbocycles. The lowest BCUT2D eigenvalue weighted by atomic mass is 9.83. The summed E-state index contributed by atoms with van der Waals surface area (Å²) in [6.07, 6.45) is 4.50. The van der Waals surface area contributed by atoms with E-state index in [-0.39, 0.29) is 42.7 Å². The van der Waals surface area contributed by atoms with Gasteiger partial charge < -0.3 is 25.8 Å². The molecular formula is C31H44F3N5O4. The fraction of sp³-hybridized carbons (Fsp3) is 0.677. The van der Waals surface area contributed by atoms with Gasteiger partial charge >= 0.3 is 5.92 Å². The van der Waals surface area contributed by atoms with Crippen LogP contribution in [-0.4, -0.2) is 84.7 Å². The molecule has 1 aliphatic heterocycles. The van der Waals surface area contributed by atoms with Crippen molar-refractivity contribution in [1.82, 2.24) is 20.4 Å². The molecule has 3 fully saturated rings. The number of piperazine rings is 1. The molecule has 9 nitrogen and oxygen atoms in total. The first-order chi connectivity index (χ1) is 20.4.